The molecule has 0 spiro atoms. The zero-order chi connectivity index (χ0) is 79.5. The van der Waals surface area contributed by atoms with E-state index in [1.54, 1.807) is 6.07 Å². The van der Waals surface area contributed by atoms with Crippen LogP contribution in [0.1, 0.15) is 122 Å². The van der Waals surface area contributed by atoms with Crippen LogP contribution in [0.2, 0.25) is 0 Å². The summed E-state index contributed by atoms with van der Waals surface area (Å²) >= 11 is 0. The van der Waals surface area contributed by atoms with Gasteiger partial charge in [-0.1, -0.05) is 226 Å². The van der Waals surface area contributed by atoms with Crippen LogP contribution in [0.3, 0.4) is 0 Å². The maximum Gasteiger partial charge on any atom is 0.268 e. The van der Waals surface area contributed by atoms with Crippen molar-refractivity contribution < 1.29 is 52.6 Å². The summed E-state index contributed by atoms with van der Waals surface area (Å²) in [4.78, 5) is 4.93. The number of hydrogen-bond acceptors (Lipinski definition) is 3. The number of hydrogen-bond donors (Lipinski definition) is 0. The van der Waals surface area contributed by atoms with E-state index >= 15 is 0 Å². The van der Waals surface area contributed by atoms with E-state index in [4.69, 9.17) is 22.4 Å². The Labute approximate surface area is 623 Å². The van der Waals surface area contributed by atoms with Crippen LogP contribution in [0.5, 0.6) is 11.5 Å². The minimum atomic E-state index is -0.756. The Hall–Kier alpha value is -10.7. The van der Waals surface area contributed by atoms with Crippen LogP contribution < -0.4 is 9.30 Å². The summed E-state index contributed by atoms with van der Waals surface area (Å²) in [5, 5.41) is 3.82. The van der Waals surface area contributed by atoms with Crippen molar-refractivity contribution in [2.45, 2.75) is 104 Å². The van der Waals surface area contributed by atoms with Gasteiger partial charge in [0.25, 0.3) is 6.33 Å². The molecule has 1 aliphatic carbocycles. The molecule has 5 heterocycles. The molecule has 0 radical (unpaired) electrons. The molecule has 4 aromatic heterocycles. The SMILES string of the molecule is [2H]c1c([2H])c([2H])c(-c2c([2H])c(-c3cc4c5c(c3)n(-c3[c-]c(Oc6[c-]c7c(cc6)c6ccccc6n7-c6cc(C(C)(C)C)ccn6)ccc3)[c-][n+]5-c3c(-c5ccc6oc7ccccc7c6c5)cc(C(C)(C)C)cc3-c3cc5c(cc3-c3ccccc3-4)C(C)(C)CCC5(C)C)c([2H])c(-c3c([2H])c([2H])c([2H])c([2H])c3[2H])c2[2H])c([2H])c1[2H].[Pt]. The fourth-order valence-electron chi connectivity index (χ4n) is 15.1. The minimum absolute atomic E-state index is 0. The zero-order valence-electron chi connectivity index (χ0n) is 70.6. The van der Waals surface area contributed by atoms with Crippen molar-refractivity contribution in [2.75, 3.05) is 0 Å². The molecule has 0 bridgehead atoms. The summed E-state index contributed by atoms with van der Waals surface area (Å²) in [6.45, 7) is 22.5. The second kappa shape index (κ2) is 23.8. The van der Waals surface area contributed by atoms with Crippen LogP contribution in [0.15, 0.2) is 259 Å². The number of imidazole rings is 1. The van der Waals surface area contributed by atoms with E-state index in [9.17, 15) is 9.60 Å². The van der Waals surface area contributed by atoms with E-state index < -0.39 is 106 Å². The molecule has 0 saturated carbocycles. The molecule has 101 heavy (non-hydrogen) atoms. The summed E-state index contributed by atoms with van der Waals surface area (Å²) in [5.41, 5.74) is 13.3. The molecule has 1 aliphatic heterocycles. The quantitative estimate of drug-likeness (QED) is 0.113. The number of nitrogens with zero attached hydrogens (tertiary/aromatic N) is 4. The average Bonchev–Trinajstić information content (AvgIpc) is 1.40. The third-order valence-electron chi connectivity index (χ3n) is 20.6. The number of fused-ring (bicyclic) bond motifs is 14. The van der Waals surface area contributed by atoms with Crippen LogP contribution in [-0.4, -0.2) is 14.1 Å². The number of pyridine rings is 1. The van der Waals surface area contributed by atoms with Gasteiger partial charge in [-0.15, -0.1) is 29.7 Å². The number of aromatic nitrogens is 4. The average molecular weight is 1500 g/mol. The first-order chi connectivity index (χ1) is 53.7. The minimum Gasteiger partial charge on any atom is -0.510 e. The van der Waals surface area contributed by atoms with E-state index in [0.717, 1.165) is 118 Å². The fourth-order valence-corrected chi connectivity index (χ4v) is 15.1. The van der Waals surface area contributed by atoms with E-state index in [0.29, 0.717) is 33.8 Å². The predicted molar refractivity (Wildman–Crippen MR) is 412 cm³/mol. The maximum atomic E-state index is 10.6. The molecule has 7 heteroatoms. The van der Waals surface area contributed by atoms with E-state index in [-0.39, 0.29) is 48.4 Å². The molecular weight excluding hydrogens is 1410 g/mol. The van der Waals surface area contributed by atoms with Gasteiger partial charge in [-0.2, -0.15) is 18.2 Å². The second-order valence-electron chi connectivity index (χ2n) is 30.0. The van der Waals surface area contributed by atoms with Crippen LogP contribution in [0, 0.1) is 18.5 Å². The van der Waals surface area contributed by atoms with Gasteiger partial charge >= 0.3 is 0 Å². The van der Waals surface area contributed by atoms with E-state index in [1.165, 1.54) is 11.1 Å². The van der Waals surface area contributed by atoms with Gasteiger partial charge in [0, 0.05) is 55.1 Å². The monoisotopic (exact) mass is 1500 g/mol. The van der Waals surface area contributed by atoms with E-state index in [2.05, 4.69) is 170 Å². The summed E-state index contributed by atoms with van der Waals surface area (Å²) in [7, 11) is 0. The Morgan fingerprint density at radius 1 is 0.475 bits per heavy atom. The van der Waals surface area contributed by atoms with Gasteiger partial charge in [-0.25, -0.2) is 4.98 Å². The second-order valence-corrected chi connectivity index (χ2v) is 30.0. The van der Waals surface area contributed by atoms with Crippen molar-refractivity contribution in [3.8, 4) is 107 Å². The Balaban J connectivity index is 0.00000939. The molecule has 18 rings (SSSR count). The molecule has 12 aromatic carbocycles. The normalized spacial score (nSPS) is 15.6. The smallest absolute Gasteiger partial charge is 0.268 e. The molecule has 0 N–H and O–H groups in total. The van der Waals surface area contributed by atoms with E-state index in [1.807, 2.05) is 102 Å². The molecule has 0 atom stereocenters. The van der Waals surface area contributed by atoms with Gasteiger partial charge in [0.2, 0.25) is 0 Å². The molecule has 6 nitrogen and oxygen atoms in total. The third kappa shape index (κ3) is 10.8. The van der Waals surface area contributed by atoms with Crippen molar-refractivity contribution in [2.24, 2.45) is 0 Å². The molecule has 2 aliphatic rings. The van der Waals surface area contributed by atoms with Crippen LogP contribution >= 0.6 is 0 Å². The standard InChI is InChI=1S/C94H76N4O2.Pt/c1-91(2,3)65-40-43-95-88(52-65)98-83-34-21-19-32-72(83)73-38-37-69(54-84(73)98)99-68-29-23-28-67(53-68)96-57-97-89-75(60-36-39-87-78(47-60)74-33-20-22-35-86(74)100-87)50-66(92(4,5)6)51-80(89)77-56-82-81(93(7,8)41-42-94(82,9)10)55-76(77)70-30-17-18-31-71(70)79-48-64(49-85(96)90(79)97)63-45-61(58-24-13-11-14-25-58)44-62(46-63)59-26-15-12-16-27-59;/h11-40,43-52,55-56H,41-42H2,1-10H3;/q-2;/i11D,12D,13D,14D,15D,16D,24D,25D,26D,27D,44D,45D,46D;. The number of rotatable bonds is 8. The van der Waals surface area contributed by atoms with Crippen molar-refractivity contribution in [1.29, 1.82) is 0 Å². The van der Waals surface area contributed by atoms with Crippen molar-refractivity contribution in [3.05, 3.63) is 295 Å². The van der Waals surface area contributed by atoms with Crippen molar-refractivity contribution in [3.63, 3.8) is 0 Å². The summed E-state index contributed by atoms with van der Waals surface area (Å²) in [6, 6.07) is 55.3. The number of benzene rings is 12. The van der Waals surface area contributed by atoms with Gasteiger partial charge in [0.05, 0.1) is 34.5 Å². The number of ether oxygens (including phenoxy) is 1. The molecular formula is C94H76N4O2Pt-2. The molecule has 0 saturated heterocycles. The molecule has 0 fully saturated rings. The fraction of sp³-hybridized carbons (Fsp3) is 0.170. The summed E-state index contributed by atoms with van der Waals surface area (Å²) in [6.07, 6.45) is 7.69. The summed E-state index contributed by atoms with van der Waals surface area (Å²) in [5.74, 6) is 1.42. The Kier molecular flexibility index (Phi) is 11.9. The number of furan rings is 1. The van der Waals surface area contributed by atoms with Gasteiger partial charge in [0.1, 0.15) is 17.0 Å². The largest absolute Gasteiger partial charge is 0.510 e. The van der Waals surface area contributed by atoms with Gasteiger partial charge in [-0.3, -0.25) is 4.57 Å². The van der Waals surface area contributed by atoms with Gasteiger partial charge < -0.3 is 18.3 Å². The van der Waals surface area contributed by atoms with Crippen LogP contribution in [0.4, 0.5) is 0 Å². The maximum absolute atomic E-state index is 10.6. The first-order valence-corrected chi connectivity index (χ1v) is 34.1. The van der Waals surface area contributed by atoms with Crippen molar-refractivity contribution in [1.82, 2.24) is 14.1 Å². The van der Waals surface area contributed by atoms with Crippen LogP contribution in [0.25, 0.3) is 150 Å². The predicted octanol–water partition coefficient (Wildman–Crippen LogP) is 24.4. The van der Waals surface area contributed by atoms with Crippen molar-refractivity contribution >= 4 is 54.8 Å². The Morgan fingerprint density at radius 2 is 1.08 bits per heavy atom. The molecule has 0 amide bonds. The molecule has 496 valence electrons. The number of para-hydroxylation sites is 2. The van der Waals surface area contributed by atoms with Crippen LogP contribution in [-0.2, 0) is 42.7 Å². The third-order valence-corrected chi connectivity index (χ3v) is 20.6. The first-order valence-electron chi connectivity index (χ1n) is 40.6. The molecule has 0 unspecified atom stereocenters. The summed E-state index contributed by atoms with van der Waals surface area (Å²) < 4.78 is 142. The molecule has 16 aromatic rings. The zero-order valence-corrected chi connectivity index (χ0v) is 59.9. The topological polar surface area (TPSA) is 49.0 Å². The van der Waals surface area contributed by atoms with Gasteiger partial charge in [0.15, 0.2) is 0 Å². The Bertz CT molecular complexity index is 6720. The Morgan fingerprint density at radius 3 is 1.77 bits per heavy atom. The first kappa shape index (κ1) is 50.6. The van der Waals surface area contributed by atoms with Gasteiger partial charge in [-0.05, 0) is 212 Å².